The molecule has 0 saturated carbocycles. The number of amides is 1. The summed E-state index contributed by atoms with van der Waals surface area (Å²) in [6.45, 7) is 4.33. The van der Waals surface area contributed by atoms with E-state index in [4.69, 9.17) is 14.9 Å². The summed E-state index contributed by atoms with van der Waals surface area (Å²) in [6.07, 6.45) is -0.725. The van der Waals surface area contributed by atoms with Crippen LogP contribution in [0.15, 0.2) is 4.42 Å². The molecule has 0 spiro atoms. The Balaban J connectivity index is 2.21. The van der Waals surface area contributed by atoms with Crippen LogP contribution >= 0.6 is 0 Å². The van der Waals surface area contributed by atoms with E-state index in [1.807, 2.05) is 6.92 Å². The molecule has 1 fully saturated rings. The number of aryl methyl sites for hydroxylation is 2. The van der Waals surface area contributed by atoms with Gasteiger partial charge in [-0.2, -0.15) is 4.98 Å². The number of nitrogens with two attached hydrogens (primary N) is 1. The van der Waals surface area contributed by atoms with E-state index in [2.05, 4.69) is 4.98 Å². The van der Waals surface area contributed by atoms with Crippen LogP contribution in [0.4, 0.5) is 10.8 Å². The lowest BCUT2D eigenvalue weighted by molar-refractivity contribution is 0.145. The van der Waals surface area contributed by atoms with Gasteiger partial charge in [0.1, 0.15) is 11.9 Å². The smallest absolute Gasteiger partial charge is 0.418 e. The number of carbonyl (C=O) groups excluding carboxylic acids is 1. The first-order valence-corrected chi connectivity index (χ1v) is 4.74. The first-order valence-electron chi connectivity index (χ1n) is 4.74. The molecule has 0 bridgehead atoms. The summed E-state index contributed by atoms with van der Waals surface area (Å²) in [5, 5.41) is 0. The predicted octanol–water partition coefficient (Wildman–Crippen LogP) is 0.575. The molecule has 6 nitrogen and oxygen atoms in total. The Labute approximate surface area is 87.0 Å². The van der Waals surface area contributed by atoms with Crippen molar-refractivity contribution in [3.8, 4) is 0 Å². The summed E-state index contributed by atoms with van der Waals surface area (Å²) in [4.78, 5) is 16.9. The van der Waals surface area contributed by atoms with Gasteiger partial charge in [0, 0.05) is 6.54 Å². The van der Waals surface area contributed by atoms with Gasteiger partial charge in [0.25, 0.3) is 0 Å². The number of aromatic nitrogens is 1. The fourth-order valence-electron chi connectivity index (χ4n) is 1.37. The maximum atomic E-state index is 11.4. The lowest BCUT2D eigenvalue weighted by Crippen LogP contribution is -2.27. The van der Waals surface area contributed by atoms with Crippen LogP contribution in [0.2, 0.25) is 0 Å². The third-order valence-corrected chi connectivity index (χ3v) is 2.39. The fraction of sp³-hybridized carbons (Fsp3) is 0.556. The highest BCUT2D eigenvalue weighted by atomic mass is 16.6. The Bertz CT molecular complexity index is 368. The molecule has 1 amide bonds. The van der Waals surface area contributed by atoms with E-state index in [9.17, 15) is 4.79 Å². The van der Waals surface area contributed by atoms with Crippen molar-refractivity contribution in [3.63, 3.8) is 0 Å². The number of ether oxygens (including phenoxy) is 1. The number of anilines is 1. The number of hydrogen-bond donors (Lipinski definition) is 1. The van der Waals surface area contributed by atoms with Crippen molar-refractivity contribution in [1.29, 1.82) is 0 Å². The maximum absolute atomic E-state index is 11.4. The van der Waals surface area contributed by atoms with Crippen LogP contribution in [-0.2, 0) is 4.74 Å². The van der Waals surface area contributed by atoms with Gasteiger partial charge in [-0.1, -0.05) is 0 Å². The second kappa shape index (κ2) is 3.54. The Morgan fingerprint density at radius 2 is 2.33 bits per heavy atom. The lowest BCUT2D eigenvalue weighted by Gasteiger charge is -2.05. The van der Waals surface area contributed by atoms with Crippen molar-refractivity contribution in [2.45, 2.75) is 20.0 Å². The summed E-state index contributed by atoms with van der Waals surface area (Å²) in [6, 6.07) is 0.283. The van der Waals surface area contributed by atoms with Gasteiger partial charge < -0.3 is 14.9 Å². The molecule has 1 unspecified atom stereocenters. The van der Waals surface area contributed by atoms with Crippen molar-refractivity contribution < 1.29 is 13.9 Å². The zero-order valence-electron chi connectivity index (χ0n) is 8.69. The SMILES string of the molecule is Cc1nc(N2CC(CN)OC2=O)oc1C. The Morgan fingerprint density at radius 1 is 1.60 bits per heavy atom. The number of oxazole rings is 1. The van der Waals surface area contributed by atoms with Crippen LogP contribution in [0.5, 0.6) is 0 Å². The molecular weight excluding hydrogens is 198 g/mol. The zero-order valence-corrected chi connectivity index (χ0v) is 8.69. The summed E-state index contributed by atoms with van der Waals surface area (Å²) >= 11 is 0. The number of hydrogen-bond acceptors (Lipinski definition) is 5. The monoisotopic (exact) mass is 211 g/mol. The second-order valence-corrected chi connectivity index (χ2v) is 3.49. The average molecular weight is 211 g/mol. The number of cyclic esters (lactones) is 1. The minimum atomic E-state index is -0.452. The van der Waals surface area contributed by atoms with Crippen LogP contribution in [0.1, 0.15) is 11.5 Å². The molecule has 2 rings (SSSR count). The van der Waals surface area contributed by atoms with Gasteiger partial charge in [0.15, 0.2) is 0 Å². The van der Waals surface area contributed by atoms with E-state index in [0.29, 0.717) is 18.8 Å². The average Bonchev–Trinajstić information content (AvgIpc) is 2.71. The standard InChI is InChI=1S/C9H13N3O3/c1-5-6(2)14-8(11-5)12-4-7(3-10)15-9(12)13/h7H,3-4,10H2,1-2H3. The van der Waals surface area contributed by atoms with Crippen LogP contribution in [0.3, 0.4) is 0 Å². The van der Waals surface area contributed by atoms with Crippen molar-refractivity contribution in [3.05, 3.63) is 11.5 Å². The van der Waals surface area contributed by atoms with E-state index >= 15 is 0 Å². The number of rotatable bonds is 2. The second-order valence-electron chi connectivity index (χ2n) is 3.49. The number of carbonyl (C=O) groups is 1. The van der Waals surface area contributed by atoms with Crippen LogP contribution in [0.25, 0.3) is 0 Å². The van der Waals surface area contributed by atoms with Gasteiger partial charge in [-0.3, -0.25) is 0 Å². The fourth-order valence-corrected chi connectivity index (χ4v) is 1.37. The van der Waals surface area contributed by atoms with Crippen molar-refractivity contribution in [2.75, 3.05) is 18.0 Å². The van der Waals surface area contributed by atoms with Gasteiger partial charge in [-0.05, 0) is 13.8 Å². The molecule has 0 radical (unpaired) electrons. The van der Waals surface area contributed by atoms with Gasteiger partial charge in [-0.15, -0.1) is 0 Å². The minimum absolute atomic E-state index is 0.273. The van der Waals surface area contributed by atoms with Gasteiger partial charge in [0.05, 0.1) is 12.2 Å². The summed E-state index contributed by atoms with van der Waals surface area (Å²) in [5.74, 6) is 0.703. The van der Waals surface area contributed by atoms with Gasteiger partial charge in [0.2, 0.25) is 0 Å². The molecule has 0 aromatic carbocycles. The molecular formula is C9H13N3O3. The first kappa shape index (κ1) is 9.97. The third kappa shape index (κ3) is 1.68. The zero-order chi connectivity index (χ0) is 11.0. The largest absolute Gasteiger partial charge is 0.442 e. The van der Waals surface area contributed by atoms with E-state index in [1.165, 1.54) is 4.90 Å². The van der Waals surface area contributed by atoms with E-state index < -0.39 is 6.09 Å². The number of nitrogens with zero attached hydrogens (tertiary/aromatic N) is 2. The molecule has 6 heteroatoms. The van der Waals surface area contributed by atoms with Crippen LogP contribution in [0, 0.1) is 13.8 Å². The molecule has 1 aromatic rings. The molecule has 1 atom stereocenters. The van der Waals surface area contributed by atoms with Crippen LogP contribution in [-0.4, -0.2) is 30.3 Å². The highest BCUT2D eigenvalue weighted by Gasteiger charge is 2.34. The molecule has 1 saturated heterocycles. The normalized spacial score (nSPS) is 20.9. The van der Waals surface area contributed by atoms with Gasteiger partial charge in [-0.25, -0.2) is 9.69 Å². The molecule has 2 heterocycles. The minimum Gasteiger partial charge on any atom is -0.442 e. The Morgan fingerprint density at radius 3 is 2.80 bits per heavy atom. The molecule has 82 valence electrons. The molecule has 2 N–H and O–H groups in total. The quantitative estimate of drug-likeness (QED) is 0.773. The third-order valence-electron chi connectivity index (χ3n) is 2.39. The molecule has 1 aliphatic heterocycles. The summed E-state index contributed by atoms with van der Waals surface area (Å²) < 4.78 is 10.3. The topological polar surface area (TPSA) is 81.6 Å². The van der Waals surface area contributed by atoms with Gasteiger partial charge >= 0.3 is 12.1 Å². The summed E-state index contributed by atoms with van der Waals surface area (Å²) in [5.41, 5.74) is 6.19. The predicted molar refractivity (Wildman–Crippen MR) is 52.6 cm³/mol. The Hall–Kier alpha value is -1.56. The molecule has 0 aliphatic carbocycles. The summed E-state index contributed by atoms with van der Waals surface area (Å²) in [7, 11) is 0. The highest BCUT2D eigenvalue weighted by molar-refractivity contribution is 5.87. The first-order chi connectivity index (χ1) is 7.11. The van der Waals surface area contributed by atoms with E-state index in [0.717, 1.165) is 5.69 Å². The van der Waals surface area contributed by atoms with Crippen molar-refractivity contribution in [2.24, 2.45) is 5.73 Å². The van der Waals surface area contributed by atoms with Crippen molar-refractivity contribution in [1.82, 2.24) is 4.98 Å². The Kier molecular flexibility index (Phi) is 2.36. The van der Waals surface area contributed by atoms with Crippen molar-refractivity contribution >= 4 is 12.1 Å². The molecule has 1 aromatic heterocycles. The molecule has 1 aliphatic rings. The van der Waals surface area contributed by atoms with E-state index in [1.54, 1.807) is 6.92 Å². The highest BCUT2D eigenvalue weighted by Crippen LogP contribution is 2.22. The lowest BCUT2D eigenvalue weighted by atomic mass is 10.3. The maximum Gasteiger partial charge on any atom is 0.418 e. The van der Waals surface area contributed by atoms with Crippen LogP contribution < -0.4 is 10.6 Å². The van der Waals surface area contributed by atoms with E-state index in [-0.39, 0.29) is 12.1 Å². The molecule has 15 heavy (non-hydrogen) atoms.